The summed E-state index contributed by atoms with van der Waals surface area (Å²) in [6.07, 6.45) is 2.02. The van der Waals surface area contributed by atoms with Crippen LogP contribution in [0.1, 0.15) is 43.7 Å². The molecule has 1 unspecified atom stereocenters. The van der Waals surface area contributed by atoms with E-state index in [9.17, 15) is 0 Å². The molecule has 104 valence electrons. The standard InChI is InChI=1S/C14H26N2O2/c1-10(2)7-13(5-6-17)8-15-9-14-11(3)16-18-12(14)4/h10,13,15,17H,5-9H2,1-4H3. The fourth-order valence-electron chi connectivity index (χ4n) is 2.31. The molecule has 0 radical (unpaired) electrons. The molecule has 1 aromatic heterocycles. The molecule has 0 aromatic carbocycles. The van der Waals surface area contributed by atoms with E-state index in [1.807, 2.05) is 13.8 Å². The van der Waals surface area contributed by atoms with Crippen molar-refractivity contribution in [3.8, 4) is 0 Å². The minimum atomic E-state index is 0.268. The lowest BCUT2D eigenvalue weighted by Gasteiger charge is -2.18. The van der Waals surface area contributed by atoms with Crippen molar-refractivity contribution in [3.63, 3.8) is 0 Å². The molecule has 0 fully saturated rings. The van der Waals surface area contributed by atoms with Crippen molar-refractivity contribution in [3.05, 3.63) is 17.0 Å². The summed E-state index contributed by atoms with van der Waals surface area (Å²) < 4.78 is 5.13. The van der Waals surface area contributed by atoms with Gasteiger partial charge in [0.2, 0.25) is 0 Å². The third kappa shape index (κ3) is 4.78. The van der Waals surface area contributed by atoms with Crippen LogP contribution in [0.25, 0.3) is 0 Å². The number of aromatic nitrogens is 1. The third-order valence-electron chi connectivity index (χ3n) is 3.26. The van der Waals surface area contributed by atoms with Gasteiger partial charge >= 0.3 is 0 Å². The summed E-state index contributed by atoms with van der Waals surface area (Å²) in [5, 5.41) is 16.5. The van der Waals surface area contributed by atoms with Crippen molar-refractivity contribution in [2.75, 3.05) is 13.2 Å². The van der Waals surface area contributed by atoms with Crippen LogP contribution in [-0.2, 0) is 6.54 Å². The fraction of sp³-hybridized carbons (Fsp3) is 0.786. The minimum Gasteiger partial charge on any atom is -0.396 e. The zero-order chi connectivity index (χ0) is 13.5. The lowest BCUT2D eigenvalue weighted by molar-refractivity contribution is 0.239. The Balaban J connectivity index is 2.38. The Morgan fingerprint density at radius 2 is 2.06 bits per heavy atom. The Kier molecular flexibility index (Phi) is 6.36. The van der Waals surface area contributed by atoms with E-state index in [0.717, 1.165) is 42.9 Å². The summed E-state index contributed by atoms with van der Waals surface area (Å²) in [5.41, 5.74) is 2.12. The second-order valence-electron chi connectivity index (χ2n) is 5.44. The summed E-state index contributed by atoms with van der Waals surface area (Å²) in [6, 6.07) is 0. The zero-order valence-corrected chi connectivity index (χ0v) is 12.0. The van der Waals surface area contributed by atoms with E-state index in [4.69, 9.17) is 9.63 Å². The number of aliphatic hydroxyl groups is 1. The molecule has 1 atom stereocenters. The highest BCUT2D eigenvalue weighted by Gasteiger charge is 2.12. The first kappa shape index (κ1) is 15.2. The summed E-state index contributed by atoms with van der Waals surface area (Å²) in [5.74, 6) is 2.10. The Bertz CT molecular complexity index is 328. The molecule has 2 N–H and O–H groups in total. The highest BCUT2D eigenvalue weighted by molar-refractivity contribution is 5.20. The van der Waals surface area contributed by atoms with E-state index in [2.05, 4.69) is 24.3 Å². The molecule has 18 heavy (non-hydrogen) atoms. The average Bonchev–Trinajstić information content (AvgIpc) is 2.60. The van der Waals surface area contributed by atoms with Crippen LogP contribution in [0.2, 0.25) is 0 Å². The first-order chi connectivity index (χ1) is 8.54. The van der Waals surface area contributed by atoms with Crippen molar-refractivity contribution >= 4 is 0 Å². The maximum atomic E-state index is 9.07. The Morgan fingerprint density at radius 1 is 1.33 bits per heavy atom. The van der Waals surface area contributed by atoms with Crippen molar-refractivity contribution in [2.45, 2.75) is 47.1 Å². The SMILES string of the molecule is Cc1noc(C)c1CNCC(CCO)CC(C)C. The molecule has 1 rings (SSSR count). The van der Waals surface area contributed by atoms with Crippen LogP contribution in [0.15, 0.2) is 4.52 Å². The van der Waals surface area contributed by atoms with E-state index in [-0.39, 0.29) is 6.61 Å². The van der Waals surface area contributed by atoms with Crippen LogP contribution in [-0.4, -0.2) is 23.4 Å². The van der Waals surface area contributed by atoms with E-state index < -0.39 is 0 Å². The topological polar surface area (TPSA) is 58.3 Å². The lowest BCUT2D eigenvalue weighted by Crippen LogP contribution is -2.24. The van der Waals surface area contributed by atoms with Gasteiger partial charge in [-0.15, -0.1) is 0 Å². The molecule has 4 heteroatoms. The molecule has 0 bridgehead atoms. The van der Waals surface area contributed by atoms with Crippen LogP contribution < -0.4 is 5.32 Å². The molecule has 0 saturated heterocycles. The highest BCUT2D eigenvalue weighted by atomic mass is 16.5. The smallest absolute Gasteiger partial charge is 0.138 e. The molecule has 1 aromatic rings. The van der Waals surface area contributed by atoms with Gasteiger partial charge in [0.05, 0.1) is 5.69 Å². The largest absolute Gasteiger partial charge is 0.396 e. The lowest BCUT2D eigenvalue weighted by atomic mass is 9.94. The zero-order valence-electron chi connectivity index (χ0n) is 12.0. The van der Waals surface area contributed by atoms with Crippen molar-refractivity contribution in [1.29, 1.82) is 0 Å². The van der Waals surface area contributed by atoms with Gasteiger partial charge in [-0.05, 0) is 45.1 Å². The van der Waals surface area contributed by atoms with Gasteiger partial charge in [0.1, 0.15) is 5.76 Å². The first-order valence-electron chi connectivity index (χ1n) is 6.77. The van der Waals surface area contributed by atoms with Crippen LogP contribution in [0.4, 0.5) is 0 Å². The van der Waals surface area contributed by atoms with E-state index in [1.54, 1.807) is 0 Å². The number of nitrogens with zero attached hydrogens (tertiary/aromatic N) is 1. The van der Waals surface area contributed by atoms with E-state index >= 15 is 0 Å². The van der Waals surface area contributed by atoms with Gasteiger partial charge in [0, 0.05) is 18.7 Å². The average molecular weight is 254 g/mol. The third-order valence-corrected chi connectivity index (χ3v) is 3.26. The van der Waals surface area contributed by atoms with Crippen LogP contribution >= 0.6 is 0 Å². The number of aliphatic hydroxyl groups excluding tert-OH is 1. The number of aryl methyl sites for hydroxylation is 2. The monoisotopic (exact) mass is 254 g/mol. The first-order valence-corrected chi connectivity index (χ1v) is 6.77. The summed E-state index contributed by atoms with van der Waals surface area (Å²) in [6.45, 7) is 10.3. The van der Waals surface area contributed by atoms with E-state index in [1.165, 1.54) is 0 Å². The second kappa shape index (κ2) is 7.54. The number of hydrogen-bond acceptors (Lipinski definition) is 4. The number of rotatable bonds is 8. The van der Waals surface area contributed by atoms with Gasteiger partial charge < -0.3 is 14.9 Å². The fourth-order valence-corrected chi connectivity index (χ4v) is 2.31. The predicted octanol–water partition coefficient (Wildman–Crippen LogP) is 2.43. The molecule has 0 spiro atoms. The van der Waals surface area contributed by atoms with Gasteiger partial charge in [-0.2, -0.15) is 0 Å². The quantitative estimate of drug-likeness (QED) is 0.748. The molecule has 0 saturated carbocycles. The Hall–Kier alpha value is -0.870. The van der Waals surface area contributed by atoms with Crippen LogP contribution in [0.5, 0.6) is 0 Å². The van der Waals surface area contributed by atoms with Gasteiger partial charge in [-0.1, -0.05) is 19.0 Å². The minimum absolute atomic E-state index is 0.268. The van der Waals surface area contributed by atoms with Gasteiger partial charge in [0.15, 0.2) is 0 Å². The van der Waals surface area contributed by atoms with E-state index in [0.29, 0.717) is 11.8 Å². The normalized spacial score (nSPS) is 13.2. The van der Waals surface area contributed by atoms with Crippen LogP contribution in [0, 0.1) is 25.7 Å². The summed E-state index contributed by atoms with van der Waals surface area (Å²) in [4.78, 5) is 0. The molecule has 4 nitrogen and oxygen atoms in total. The van der Waals surface area contributed by atoms with Crippen molar-refractivity contribution in [1.82, 2.24) is 10.5 Å². The number of hydrogen-bond donors (Lipinski definition) is 2. The maximum absolute atomic E-state index is 9.07. The summed E-state index contributed by atoms with van der Waals surface area (Å²) in [7, 11) is 0. The van der Waals surface area contributed by atoms with Crippen LogP contribution in [0.3, 0.4) is 0 Å². The van der Waals surface area contributed by atoms with Crippen molar-refractivity contribution < 1.29 is 9.63 Å². The summed E-state index contributed by atoms with van der Waals surface area (Å²) >= 11 is 0. The molecule has 0 aliphatic heterocycles. The highest BCUT2D eigenvalue weighted by Crippen LogP contribution is 2.15. The molecular weight excluding hydrogens is 228 g/mol. The predicted molar refractivity (Wildman–Crippen MR) is 72.3 cm³/mol. The molecule has 0 aliphatic carbocycles. The molecule has 0 aliphatic rings. The van der Waals surface area contributed by atoms with Gasteiger partial charge in [-0.25, -0.2) is 0 Å². The number of nitrogens with one attached hydrogen (secondary N) is 1. The Labute approximate surface area is 110 Å². The molecule has 0 amide bonds. The van der Waals surface area contributed by atoms with Gasteiger partial charge in [-0.3, -0.25) is 0 Å². The second-order valence-corrected chi connectivity index (χ2v) is 5.44. The molecule has 1 heterocycles. The molecular formula is C14H26N2O2. The maximum Gasteiger partial charge on any atom is 0.138 e. The Morgan fingerprint density at radius 3 is 2.56 bits per heavy atom. The van der Waals surface area contributed by atoms with Gasteiger partial charge in [0.25, 0.3) is 0 Å². The van der Waals surface area contributed by atoms with Crippen molar-refractivity contribution in [2.24, 2.45) is 11.8 Å².